The maximum atomic E-state index is 13.8. The average Bonchev–Trinajstić information content (AvgIpc) is 2.69. The molecule has 1 fully saturated rings. The van der Waals surface area contributed by atoms with E-state index in [1.54, 1.807) is 23.1 Å². The lowest BCUT2D eigenvalue weighted by molar-refractivity contribution is -0.138. The molecule has 1 aliphatic heterocycles. The Morgan fingerprint density at radius 2 is 1.85 bits per heavy atom. The maximum absolute atomic E-state index is 13.8. The van der Waals surface area contributed by atoms with Crippen LogP contribution in [0.25, 0.3) is 0 Å². The first kappa shape index (κ1) is 18.9. The van der Waals surface area contributed by atoms with Gasteiger partial charge in [-0.2, -0.15) is 0 Å². The Morgan fingerprint density at radius 1 is 1.11 bits per heavy atom. The molecule has 0 spiro atoms. The molecule has 2 amide bonds. The molecule has 3 rings (SSSR count). The number of carbonyl (C=O) groups excluding carboxylic acids is 2. The monoisotopic (exact) mass is 370 g/mol. The lowest BCUT2D eigenvalue weighted by atomic mass is 10.1. The molecule has 1 heterocycles. The summed E-state index contributed by atoms with van der Waals surface area (Å²) in [5.41, 5.74) is 0.854. The van der Waals surface area contributed by atoms with Crippen LogP contribution in [0.2, 0.25) is 0 Å². The molecule has 0 saturated carbocycles. The van der Waals surface area contributed by atoms with Crippen molar-refractivity contribution in [2.45, 2.75) is 25.3 Å². The number of likely N-dealkylation sites (tertiary alicyclic amines) is 1. The van der Waals surface area contributed by atoms with Crippen LogP contribution in [-0.2, 0) is 9.59 Å². The summed E-state index contributed by atoms with van der Waals surface area (Å²) in [6.07, 6.45) is 2.28. The average molecular weight is 370 g/mol. The highest BCUT2D eigenvalue weighted by Gasteiger charge is 2.22. The topological polar surface area (TPSA) is 58.6 Å². The Morgan fingerprint density at radius 3 is 2.59 bits per heavy atom. The first-order valence-corrected chi connectivity index (χ1v) is 9.13. The number of nitrogens with zero attached hydrogens (tertiary/aromatic N) is 1. The lowest BCUT2D eigenvalue weighted by Gasteiger charge is -2.27. The van der Waals surface area contributed by atoms with E-state index in [0.29, 0.717) is 13.0 Å². The van der Waals surface area contributed by atoms with Gasteiger partial charge in [-0.3, -0.25) is 9.59 Å². The predicted molar refractivity (Wildman–Crippen MR) is 99.7 cm³/mol. The molecule has 1 saturated heterocycles. The molecule has 2 aromatic rings. The van der Waals surface area contributed by atoms with Gasteiger partial charge in [-0.1, -0.05) is 42.5 Å². The normalized spacial score (nSPS) is 15.3. The number of hydrogen-bond acceptors (Lipinski definition) is 3. The number of hydrogen-bond donors (Lipinski definition) is 1. The van der Waals surface area contributed by atoms with Crippen molar-refractivity contribution in [1.29, 1.82) is 0 Å². The van der Waals surface area contributed by atoms with E-state index in [9.17, 15) is 14.0 Å². The summed E-state index contributed by atoms with van der Waals surface area (Å²) >= 11 is 0. The number of nitrogens with one attached hydrogen (secondary N) is 1. The molecule has 2 aromatic carbocycles. The largest absolute Gasteiger partial charge is 0.488 e. The fourth-order valence-corrected chi connectivity index (χ4v) is 3.08. The van der Waals surface area contributed by atoms with Crippen LogP contribution in [0.5, 0.6) is 5.75 Å². The minimum absolute atomic E-state index is 0.00951. The molecule has 0 bridgehead atoms. The molecular weight excluding hydrogens is 347 g/mol. The number of carbonyl (C=O) groups is 2. The molecule has 1 aliphatic rings. The van der Waals surface area contributed by atoms with Crippen LogP contribution >= 0.6 is 0 Å². The molecule has 0 aromatic heterocycles. The van der Waals surface area contributed by atoms with Crippen LogP contribution in [-0.4, -0.2) is 36.4 Å². The van der Waals surface area contributed by atoms with Crippen LogP contribution in [0.4, 0.5) is 4.39 Å². The number of ether oxygens (including phenoxy) is 1. The summed E-state index contributed by atoms with van der Waals surface area (Å²) in [6.45, 7) is 0.723. The first-order valence-electron chi connectivity index (χ1n) is 9.13. The third-order valence-corrected chi connectivity index (χ3v) is 4.54. The fourth-order valence-electron chi connectivity index (χ4n) is 3.08. The molecule has 6 heteroatoms. The Labute approximate surface area is 158 Å². The van der Waals surface area contributed by atoms with E-state index in [2.05, 4.69) is 5.32 Å². The van der Waals surface area contributed by atoms with Crippen LogP contribution in [0.1, 0.15) is 30.9 Å². The van der Waals surface area contributed by atoms with Gasteiger partial charge in [0.15, 0.2) is 11.6 Å². The lowest BCUT2D eigenvalue weighted by Crippen LogP contribution is -2.44. The third-order valence-electron chi connectivity index (χ3n) is 4.54. The summed E-state index contributed by atoms with van der Waals surface area (Å²) in [4.78, 5) is 26.0. The number of rotatable bonds is 7. The van der Waals surface area contributed by atoms with Crippen molar-refractivity contribution < 1.29 is 18.7 Å². The van der Waals surface area contributed by atoms with E-state index < -0.39 is 11.9 Å². The van der Waals surface area contributed by atoms with Crippen molar-refractivity contribution >= 4 is 11.8 Å². The minimum atomic E-state index is -0.449. The second-order valence-electron chi connectivity index (χ2n) is 6.54. The van der Waals surface area contributed by atoms with E-state index >= 15 is 0 Å². The van der Waals surface area contributed by atoms with Gasteiger partial charge in [-0.25, -0.2) is 4.39 Å². The number of piperidine rings is 1. The van der Waals surface area contributed by atoms with Crippen molar-refractivity contribution in [2.75, 3.05) is 19.7 Å². The van der Waals surface area contributed by atoms with E-state index in [4.69, 9.17) is 4.74 Å². The first-order chi connectivity index (χ1) is 13.1. The molecular formula is C21H23FN2O3. The summed E-state index contributed by atoms with van der Waals surface area (Å²) in [5, 5.41) is 2.91. The highest BCUT2D eigenvalue weighted by atomic mass is 19.1. The van der Waals surface area contributed by atoms with Crippen molar-refractivity contribution in [3.63, 3.8) is 0 Å². The third kappa shape index (κ3) is 5.29. The van der Waals surface area contributed by atoms with Gasteiger partial charge in [-0.05, 0) is 30.5 Å². The van der Waals surface area contributed by atoms with Gasteiger partial charge in [0.25, 0.3) is 0 Å². The number of halogens is 1. The molecule has 142 valence electrons. The van der Waals surface area contributed by atoms with Gasteiger partial charge >= 0.3 is 0 Å². The SMILES string of the molecule is O=C(CN1CCCCC1=O)NC(COc1ccccc1F)c1ccccc1. The van der Waals surface area contributed by atoms with Crippen molar-refractivity contribution in [3.05, 3.63) is 66.0 Å². The summed E-state index contributed by atoms with van der Waals surface area (Å²) in [7, 11) is 0. The van der Waals surface area contributed by atoms with Crippen LogP contribution < -0.4 is 10.1 Å². The molecule has 27 heavy (non-hydrogen) atoms. The molecule has 0 aliphatic carbocycles. The Bertz CT molecular complexity index is 782. The highest BCUT2D eigenvalue weighted by Crippen LogP contribution is 2.19. The second kappa shape index (κ2) is 9.16. The van der Waals surface area contributed by atoms with E-state index in [0.717, 1.165) is 18.4 Å². The zero-order chi connectivity index (χ0) is 19.1. The predicted octanol–water partition coefficient (Wildman–Crippen LogP) is 3.07. The molecule has 5 nitrogen and oxygen atoms in total. The number of amides is 2. The van der Waals surface area contributed by atoms with Crippen molar-refractivity contribution in [1.82, 2.24) is 10.2 Å². The zero-order valence-electron chi connectivity index (χ0n) is 15.1. The van der Waals surface area contributed by atoms with Crippen molar-refractivity contribution in [2.24, 2.45) is 0 Å². The van der Waals surface area contributed by atoms with Gasteiger partial charge in [-0.15, -0.1) is 0 Å². The summed E-state index contributed by atoms with van der Waals surface area (Å²) < 4.78 is 19.4. The summed E-state index contributed by atoms with van der Waals surface area (Å²) in [6, 6.07) is 15.1. The second-order valence-corrected chi connectivity index (χ2v) is 6.54. The Kier molecular flexibility index (Phi) is 6.41. The number of para-hydroxylation sites is 1. The molecule has 1 unspecified atom stereocenters. The van der Waals surface area contributed by atoms with Gasteiger partial charge in [0, 0.05) is 13.0 Å². The van der Waals surface area contributed by atoms with Crippen LogP contribution in [0, 0.1) is 5.82 Å². The van der Waals surface area contributed by atoms with Gasteiger partial charge in [0.1, 0.15) is 6.61 Å². The van der Waals surface area contributed by atoms with E-state index in [1.807, 2.05) is 30.3 Å². The smallest absolute Gasteiger partial charge is 0.240 e. The molecule has 0 radical (unpaired) electrons. The minimum Gasteiger partial charge on any atom is -0.488 e. The van der Waals surface area contributed by atoms with E-state index in [-0.39, 0.29) is 30.7 Å². The number of benzene rings is 2. The van der Waals surface area contributed by atoms with Crippen LogP contribution in [0.3, 0.4) is 0 Å². The highest BCUT2D eigenvalue weighted by molar-refractivity contribution is 5.85. The van der Waals surface area contributed by atoms with E-state index in [1.165, 1.54) is 6.07 Å². The van der Waals surface area contributed by atoms with Gasteiger partial charge < -0.3 is 15.0 Å². The molecule has 1 atom stereocenters. The zero-order valence-corrected chi connectivity index (χ0v) is 15.1. The standard InChI is InChI=1S/C21H23FN2O3/c22-17-10-4-5-11-19(17)27-15-18(16-8-2-1-3-9-16)23-20(25)14-24-13-7-6-12-21(24)26/h1-5,8-11,18H,6-7,12-15H2,(H,23,25). The van der Waals surface area contributed by atoms with Crippen molar-refractivity contribution in [3.8, 4) is 5.75 Å². The molecule has 1 N–H and O–H groups in total. The van der Waals surface area contributed by atoms with Gasteiger partial charge in [0.2, 0.25) is 11.8 Å². The van der Waals surface area contributed by atoms with Crippen LogP contribution in [0.15, 0.2) is 54.6 Å². The fraction of sp³-hybridized carbons (Fsp3) is 0.333. The Hall–Kier alpha value is -2.89. The summed E-state index contributed by atoms with van der Waals surface area (Å²) in [5.74, 6) is -0.556. The quantitative estimate of drug-likeness (QED) is 0.815. The Balaban J connectivity index is 1.65. The maximum Gasteiger partial charge on any atom is 0.240 e. The van der Waals surface area contributed by atoms with Gasteiger partial charge in [0.05, 0.1) is 12.6 Å².